The summed E-state index contributed by atoms with van der Waals surface area (Å²) in [5, 5.41) is 0. The largest absolute Gasteiger partial charge is 0.494 e. The highest BCUT2D eigenvalue weighted by Crippen LogP contribution is 2.24. The molecule has 45 heavy (non-hydrogen) atoms. The van der Waals surface area contributed by atoms with Crippen LogP contribution in [-0.4, -0.2) is 37.2 Å². The summed E-state index contributed by atoms with van der Waals surface area (Å²) in [7, 11) is 0. The molecule has 0 fully saturated rings. The fourth-order valence-corrected chi connectivity index (χ4v) is 4.58. The van der Waals surface area contributed by atoms with Crippen LogP contribution in [0, 0.1) is 5.92 Å². The van der Waals surface area contributed by atoms with Gasteiger partial charge in [-0.05, 0) is 85.3 Å². The molecule has 0 saturated carbocycles. The Morgan fingerprint density at radius 3 is 1.91 bits per heavy atom. The average molecular weight is 619 g/mol. The molecule has 0 aliphatic heterocycles. The molecule has 242 valence electrons. The van der Waals surface area contributed by atoms with E-state index in [1.54, 1.807) is 48.5 Å². The van der Waals surface area contributed by atoms with Gasteiger partial charge in [0.2, 0.25) is 0 Å². The SMILES string of the molecule is [2H]c1cc(C(=O)Oc2ccc(-c3ccc(C(=O)O[C@@H](C)C(=O)OC[C@@H](C)CCCCC)cc3)cc2)cc([2H])c1OCCCCCCC. The molecular weight excluding hydrogens is 568 g/mol. The zero-order chi connectivity index (χ0) is 34.2. The third kappa shape index (κ3) is 12.4. The summed E-state index contributed by atoms with van der Waals surface area (Å²) in [5.41, 5.74) is 2.05. The van der Waals surface area contributed by atoms with E-state index < -0.39 is 24.0 Å². The van der Waals surface area contributed by atoms with Gasteiger partial charge in [-0.15, -0.1) is 0 Å². The van der Waals surface area contributed by atoms with Crippen molar-refractivity contribution in [3.63, 3.8) is 0 Å². The Morgan fingerprint density at radius 1 is 0.689 bits per heavy atom. The number of unbranched alkanes of at least 4 members (excludes halogenated alkanes) is 6. The predicted octanol–water partition coefficient (Wildman–Crippen LogP) is 9.23. The van der Waals surface area contributed by atoms with E-state index in [1.165, 1.54) is 25.5 Å². The molecule has 0 spiro atoms. The standard InChI is InChI=1S/C38H48O7/c1-5-7-9-10-12-26-42-34-22-20-33(21-23-34)38(41)45-35-24-18-31(19-25-35)30-14-16-32(17-15-30)37(40)44-29(4)36(39)43-27-28(3)13-11-8-6-2/h14-25,28-29H,5-13,26-27H2,1-4H3/t28-,29-/m0/s1/i22D,23D. The van der Waals surface area contributed by atoms with Crippen LogP contribution in [-0.2, 0) is 14.3 Å². The van der Waals surface area contributed by atoms with Crippen molar-refractivity contribution in [2.75, 3.05) is 13.2 Å². The summed E-state index contributed by atoms with van der Waals surface area (Å²) in [6.07, 6.45) is 8.72. The second kappa shape index (κ2) is 19.3. The van der Waals surface area contributed by atoms with Crippen molar-refractivity contribution >= 4 is 17.9 Å². The third-order valence-electron chi connectivity index (χ3n) is 7.39. The van der Waals surface area contributed by atoms with Crippen LogP contribution < -0.4 is 9.47 Å². The lowest BCUT2D eigenvalue weighted by Gasteiger charge is -2.16. The second-order valence-corrected chi connectivity index (χ2v) is 11.4. The van der Waals surface area contributed by atoms with Crippen molar-refractivity contribution in [1.82, 2.24) is 0 Å². The number of carbonyl (C=O) groups is 3. The Kier molecular flexibility index (Phi) is 13.8. The topological polar surface area (TPSA) is 88.1 Å². The van der Waals surface area contributed by atoms with E-state index >= 15 is 0 Å². The van der Waals surface area contributed by atoms with Gasteiger partial charge in [0.15, 0.2) is 6.10 Å². The molecule has 0 unspecified atom stereocenters. The smallest absolute Gasteiger partial charge is 0.347 e. The van der Waals surface area contributed by atoms with Gasteiger partial charge < -0.3 is 18.9 Å². The number of rotatable bonds is 19. The summed E-state index contributed by atoms with van der Waals surface area (Å²) in [6.45, 7) is 8.57. The number of esters is 3. The van der Waals surface area contributed by atoms with Crippen molar-refractivity contribution in [1.29, 1.82) is 0 Å². The molecular formula is C38H48O7. The highest BCUT2D eigenvalue weighted by molar-refractivity contribution is 5.92. The fraction of sp³-hybridized carbons (Fsp3) is 0.447. The molecule has 3 aromatic carbocycles. The van der Waals surface area contributed by atoms with Crippen molar-refractivity contribution < 1.29 is 36.1 Å². The molecule has 0 aliphatic carbocycles. The minimum Gasteiger partial charge on any atom is -0.494 e. The number of carbonyl (C=O) groups excluding carboxylic acids is 3. The highest BCUT2D eigenvalue weighted by atomic mass is 16.6. The van der Waals surface area contributed by atoms with Crippen LogP contribution in [0.5, 0.6) is 11.5 Å². The Labute approximate surface area is 271 Å². The summed E-state index contributed by atoms with van der Waals surface area (Å²) in [4.78, 5) is 37.7. The molecule has 0 radical (unpaired) electrons. The summed E-state index contributed by atoms with van der Waals surface area (Å²) in [5.74, 6) is -1.13. The van der Waals surface area contributed by atoms with E-state index in [9.17, 15) is 14.4 Å². The third-order valence-corrected chi connectivity index (χ3v) is 7.39. The van der Waals surface area contributed by atoms with E-state index in [4.69, 9.17) is 21.7 Å². The molecule has 0 saturated heterocycles. The molecule has 7 heteroatoms. The van der Waals surface area contributed by atoms with E-state index in [1.807, 2.05) is 6.92 Å². The molecule has 0 heterocycles. The van der Waals surface area contributed by atoms with E-state index in [0.29, 0.717) is 24.5 Å². The fourth-order valence-electron chi connectivity index (χ4n) is 4.58. The molecule has 0 aromatic heterocycles. The van der Waals surface area contributed by atoms with Crippen molar-refractivity contribution in [3.8, 4) is 22.6 Å². The van der Waals surface area contributed by atoms with Crippen LogP contribution in [0.1, 0.15) is 109 Å². The van der Waals surface area contributed by atoms with E-state index in [2.05, 4.69) is 13.8 Å². The molecule has 7 nitrogen and oxygen atoms in total. The zero-order valence-electron chi connectivity index (χ0n) is 29.1. The van der Waals surface area contributed by atoms with E-state index in [0.717, 1.165) is 62.5 Å². The van der Waals surface area contributed by atoms with Gasteiger partial charge in [-0.2, -0.15) is 0 Å². The van der Waals surface area contributed by atoms with Gasteiger partial charge in [-0.3, -0.25) is 0 Å². The lowest BCUT2D eigenvalue weighted by molar-refractivity contribution is -0.154. The van der Waals surface area contributed by atoms with Crippen molar-refractivity contribution in [2.45, 2.75) is 91.6 Å². The number of hydrogen-bond acceptors (Lipinski definition) is 7. The predicted molar refractivity (Wildman–Crippen MR) is 177 cm³/mol. The van der Waals surface area contributed by atoms with Gasteiger partial charge in [0.25, 0.3) is 0 Å². The van der Waals surface area contributed by atoms with Gasteiger partial charge in [-0.1, -0.05) is 90.0 Å². The lowest BCUT2D eigenvalue weighted by atomic mass is 10.0. The zero-order valence-corrected chi connectivity index (χ0v) is 27.1. The van der Waals surface area contributed by atoms with E-state index in [-0.39, 0.29) is 29.3 Å². The first-order valence-electron chi connectivity index (χ1n) is 17.2. The summed E-state index contributed by atoms with van der Waals surface area (Å²) >= 11 is 0. The highest BCUT2D eigenvalue weighted by Gasteiger charge is 2.21. The van der Waals surface area contributed by atoms with Crippen LogP contribution in [0.25, 0.3) is 11.1 Å². The van der Waals surface area contributed by atoms with Crippen LogP contribution in [0.15, 0.2) is 72.7 Å². The Morgan fingerprint density at radius 2 is 1.27 bits per heavy atom. The van der Waals surface area contributed by atoms with Gasteiger partial charge in [-0.25, -0.2) is 14.4 Å². The number of ether oxygens (including phenoxy) is 4. The van der Waals surface area contributed by atoms with Crippen LogP contribution in [0.2, 0.25) is 0 Å². The lowest BCUT2D eigenvalue weighted by Crippen LogP contribution is -2.27. The number of hydrogen-bond donors (Lipinski definition) is 0. The number of benzene rings is 3. The summed E-state index contributed by atoms with van der Waals surface area (Å²) in [6, 6.07) is 16.3. The van der Waals surface area contributed by atoms with Gasteiger partial charge in [0, 0.05) is 0 Å². The van der Waals surface area contributed by atoms with Crippen molar-refractivity contribution in [3.05, 3.63) is 83.9 Å². The molecule has 3 rings (SSSR count). The first-order chi connectivity index (χ1) is 22.6. The van der Waals surface area contributed by atoms with Gasteiger partial charge in [0.1, 0.15) is 11.5 Å². The minimum absolute atomic E-state index is 0.0297. The van der Waals surface area contributed by atoms with Crippen LogP contribution in [0.4, 0.5) is 0 Å². The maximum Gasteiger partial charge on any atom is 0.347 e. The molecule has 3 aromatic rings. The van der Waals surface area contributed by atoms with Gasteiger partial charge in [0.05, 0.1) is 27.1 Å². The molecule has 0 bridgehead atoms. The summed E-state index contributed by atoms with van der Waals surface area (Å²) < 4.78 is 38.3. The Hall–Kier alpha value is -4.13. The Balaban J connectivity index is 1.50. The normalized spacial score (nSPS) is 12.8. The van der Waals surface area contributed by atoms with Crippen LogP contribution in [0.3, 0.4) is 0 Å². The first-order valence-corrected chi connectivity index (χ1v) is 16.2. The molecule has 0 aliphatic rings. The second-order valence-electron chi connectivity index (χ2n) is 11.4. The van der Waals surface area contributed by atoms with Crippen LogP contribution >= 0.6 is 0 Å². The average Bonchev–Trinajstić information content (AvgIpc) is 3.06. The molecule has 2 atom stereocenters. The Bertz CT molecular complexity index is 1410. The minimum atomic E-state index is -1.02. The molecule has 0 amide bonds. The molecule has 0 N–H and O–H groups in total. The van der Waals surface area contributed by atoms with Gasteiger partial charge >= 0.3 is 17.9 Å². The maximum absolute atomic E-state index is 12.8. The monoisotopic (exact) mass is 618 g/mol. The van der Waals surface area contributed by atoms with Crippen molar-refractivity contribution in [2.24, 2.45) is 5.92 Å². The maximum atomic E-state index is 12.8. The first kappa shape index (κ1) is 32.3. The quantitative estimate of drug-likeness (QED) is 0.0752.